The van der Waals surface area contributed by atoms with Gasteiger partial charge < -0.3 is 14.6 Å². The molecule has 0 aliphatic rings. The molecule has 12 heavy (non-hydrogen) atoms. The van der Waals surface area contributed by atoms with Gasteiger partial charge in [-0.25, -0.2) is 0 Å². The molecule has 0 spiro atoms. The second-order valence-electron chi connectivity index (χ2n) is 2.16. The molecule has 66 valence electrons. The van der Waals surface area contributed by atoms with E-state index in [-0.39, 0.29) is 5.75 Å². The Morgan fingerprint density at radius 1 is 1.17 bits per heavy atom. The van der Waals surface area contributed by atoms with Crippen LogP contribution >= 0.6 is 11.6 Å². The summed E-state index contributed by atoms with van der Waals surface area (Å²) < 4.78 is 9.79. The van der Waals surface area contributed by atoms with Gasteiger partial charge in [-0.15, -0.1) is 0 Å². The van der Waals surface area contributed by atoms with E-state index in [1.807, 2.05) is 0 Å². The van der Waals surface area contributed by atoms with Crippen molar-refractivity contribution in [2.45, 2.75) is 0 Å². The zero-order valence-corrected chi connectivity index (χ0v) is 7.55. The van der Waals surface area contributed by atoms with Gasteiger partial charge in [0, 0.05) is 12.1 Å². The van der Waals surface area contributed by atoms with Gasteiger partial charge in [-0.2, -0.15) is 0 Å². The number of halogens is 1. The molecule has 0 heterocycles. The van der Waals surface area contributed by atoms with E-state index in [2.05, 4.69) is 0 Å². The molecular formula is C8H9ClO3. The topological polar surface area (TPSA) is 38.7 Å². The lowest BCUT2D eigenvalue weighted by atomic mass is 10.3. The van der Waals surface area contributed by atoms with E-state index in [1.54, 1.807) is 0 Å². The number of hydrogen-bond donors (Lipinski definition) is 1. The smallest absolute Gasteiger partial charge is 0.144 e. The second-order valence-corrected chi connectivity index (χ2v) is 2.54. The summed E-state index contributed by atoms with van der Waals surface area (Å²) in [5.74, 6) is 0.857. The number of methoxy groups -OCH3 is 2. The summed E-state index contributed by atoms with van der Waals surface area (Å²) in [6.07, 6.45) is 0. The highest BCUT2D eigenvalue weighted by atomic mass is 35.5. The Bertz CT molecular complexity index is 261. The first kappa shape index (κ1) is 9.00. The number of rotatable bonds is 2. The first-order chi connectivity index (χ1) is 5.69. The van der Waals surface area contributed by atoms with Crippen molar-refractivity contribution < 1.29 is 14.6 Å². The van der Waals surface area contributed by atoms with Crippen molar-refractivity contribution in [3.05, 3.63) is 17.2 Å². The monoisotopic (exact) mass is 188 g/mol. The Morgan fingerprint density at radius 3 is 1.92 bits per heavy atom. The third kappa shape index (κ3) is 1.56. The zero-order valence-electron chi connectivity index (χ0n) is 6.80. The maximum atomic E-state index is 9.16. The number of aromatic hydroxyl groups is 1. The predicted molar refractivity (Wildman–Crippen MR) is 46.2 cm³/mol. The minimum Gasteiger partial charge on any atom is -0.508 e. The molecule has 0 aliphatic carbocycles. The molecule has 1 aromatic carbocycles. The maximum absolute atomic E-state index is 9.16. The predicted octanol–water partition coefficient (Wildman–Crippen LogP) is 2.06. The molecule has 0 aliphatic heterocycles. The highest BCUT2D eigenvalue weighted by molar-refractivity contribution is 6.33. The van der Waals surface area contributed by atoms with Gasteiger partial charge in [0.05, 0.1) is 14.2 Å². The Kier molecular flexibility index (Phi) is 2.65. The Labute approximate surface area is 75.5 Å². The maximum Gasteiger partial charge on any atom is 0.144 e. The molecular weight excluding hydrogens is 180 g/mol. The van der Waals surface area contributed by atoms with Crippen LogP contribution < -0.4 is 9.47 Å². The van der Waals surface area contributed by atoms with Crippen LogP contribution in [0.2, 0.25) is 5.02 Å². The van der Waals surface area contributed by atoms with Gasteiger partial charge in [0.15, 0.2) is 0 Å². The van der Waals surface area contributed by atoms with Crippen molar-refractivity contribution in [2.24, 2.45) is 0 Å². The number of ether oxygens (including phenoxy) is 2. The lowest BCUT2D eigenvalue weighted by Crippen LogP contribution is -1.88. The fourth-order valence-electron chi connectivity index (χ4n) is 0.856. The number of benzene rings is 1. The van der Waals surface area contributed by atoms with E-state index < -0.39 is 0 Å². The van der Waals surface area contributed by atoms with Crippen molar-refractivity contribution in [1.82, 2.24) is 0 Å². The highest BCUT2D eigenvalue weighted by Gasteiger charge is 2.08. The minimum atomic E-state index is 0.0631. The average molecular weight is 189 g/mol. The highest BCUT2D eigenvalue weighted by Crippen LogP contribution is 2.37. The molecule has 0 unspecified atom stereocenters. The fraction of sp³-hybridized carbons (Fsp3) is 0.250. The van der Waals surface area contributed by atoms with E-state index in [9.17, 15) is 0 Å². The second kappa shape index (κ2) is 3.54. The van der Waals surface area contributed by atoms with Gasteiger partial charge in [0.1, 0.15) is 22.3 Å². The summed E-state index contributed by atoms with van der Waals surface area (Å²) in [7, 11) is 2.94. The van der Waals surface area contributed by atoms with Gasteiger partial charge in [-0.05, 0) is 0 Å². The average Bonchev–Trinajstić information content (AvgIpc) is 2.08. The van der Waals surface area contributed by atoms with Crippen LogP contribution in [-0.4, -0.2) is 19.3 Å². The number of phenols is 1. The molecule has 0 fully saturated rings. The van der Waals surface area contributed by atoms with Crippen molar-refractivity contribution >= 4 is 11.6 Å². The SMILES string of the molecule is COc1cc(O)cc(OC)c1Cl. The molecule has 1 N–H and O–H groups in total. The van der Waals surface area contributed by atoms with E-state index >= 15 is 0 Å². The molecule has 0 radical (unpaired) electrons. The van der Waals surface area contributed by atoms with Crippen molar-refractivity contribution in [3.8, 4) is 17.2 Å². The molecule has 3 nitrogen and oxygen atoms in total. The van der Waals surface area contributed by atoms with Crippen LogP contribution in [0.3, 0.4) is 0 Å². The third-order valence-electron chi connectivity index (χ3n) is 1.43. The Hall–Kier alpha value is -1.09. The zero-order chi connectivity index (χ0) is 9.14. The largest absolute Gasteiger partial charge is 0.508 e. The molecule has 0 amide bonds. The Morgan fingerprint density at radius 2 is 1.58 bits per heavy atom. The lowest BCUT2D eigenvalue weighted by molar-refractivity contribution is 0.385. The van der Waals surface area contributed by atoms with Crippen LogP contribution in [-0.2, 0) is 0 Å². The van der Waals surface area contributed by atoms with Crippen molar-refractivity contribution in [2.75, 3.05) is 14.2 Å². The van der Waals surface area contributed by atoms with Gasteiger partial charge >= 0.3 is 0 Å². The van der Waals surface area contributed by atoms with Crippen LogP contribution in [0.4, 0.5) is 0 Å². The number of phenolic OH excluding ortho intramolecular Hbond substituents is 1. The molecule has 1 aromatic rings. The van der Waals surface area contributed by atoms with Gasteiger partial charge in [-0.1, -0.05) is 11.6 Å². The van der Waals surface area contributed by atoms with E-state index in [4.69, 9.17) is 26.2 Å². The molecule has 0 bridgehead atoms. The molecule has 0 saturated heterocycles. The first-order valence-electron chi connectivity index (χ1n) is 3.29. The van der Waals surface area contributed by atoms with Crippen LogP contribution in [0.15, 0.2) is 12.1 Å². The fourth-order valence-corrected chi connectivity index (χ4v) is 1.12. The summed E-state index contributed by atoms with van der Waals surface area (Å²) in [6.45, 7) is 0. The van der Waals surface area contributed by atoms with Crippen molar-refractivity contribution in [3.63, 3.8) is 0 Å². The van der Waals surface area contributed by atoms with Gasteiger partial charge in [0.25, 0.3) is 0 Å². The van der Waals surface area contributed by atoms with Gasteiger partial charge in [-0.3, -0.25) is 0 Å². The molecule has 0 saturated carbocycles. The van der Waals surface area contributed by atoms with Crippen LogP contribution in [0.5, 0.6) is 17.2 Å². The van der Waals surface area contributed by atoms with Crippen molar-refractivity contribution in [1.29, 1.82) is 0 Å². The van der Waals surface area contributed by atoms with Gasteiger partial charge in [0.2, 0.25) is 0 Å². The summed E-state index contributed by atoms with van der Waals surface area (Å²) in [5.41, 5.74) is 0. The molecule has 1 rings (SSSR count). The molecule has 0 aromatic heterocycles. The summed E-state index contributed by atoms with van der Waals surface area (Å²) in [5, 5.41) is 9.52. The molecule has 0 atom stereocenters. The summed E-state index contributed by atoms with van der Waals surface area (Å²) in [6, 6.07) is 2.84. The van der Waals surface area contributed by atoms with Crippen LogP contribution in [0, 0.1) is 0 Å². The van der Waals surface area contributed by atoms with E-state index in [0.717, 1.165) is 0 Å². The van der Waals surface area contributed by atoms with Crippen LogP contribution in [0.25, 0.3) is 0 Å². The minimum absolute atomic E-state index is 0.0631. The third-order valence-corrected chi connectivity index (χ3v) is 1.80. The Balaban J connectivity index is 3.22. The number of hydrogen-bond acceptors (Lipinski definition) is 3. The van der Waals surface area contributed by atoms with Crippen LogP contribution in [0.1, 0.15) is 0 Å². The molecule has 4 heteroatoms. The first-order valence-corrected chi connectivity index (χ1v) is 3.67. The van der Waals surface area contributed by atoms with E-state index in [1.165, 1.54) is 26.4 Å². The quantitative estimate of drug-likeness (QED) is 0.772. The summed E-state index contributed by atoms with van der Waals surface area (Å²) in [4.78, 5) is 0. The standard InChI is InChI=1S/C8H9ClO3/c1-11-6-3-5(10)4-7(12-2)8(6)9/h3-4,10H,1-2H3. The normalized spacial score (nSPS) is 9.58. The lowest BCUT2D eigenvalue weighted by Gasteiger charge is -2.07. The van der Waals surface area contributed by atoms with E-state index in [0.29, 0.717) is 16.5 Å². The summed E-state index contributed by atoms with van der Waals surface area (Å²) >= 11 is 5.82.